The number of carbonyl (C=O) groups is 1. The molecule has 0 bridgehead atoms. The average molecular weight is 180 g/mol. The van der Waals surface area contributed by atoms with Gasteiger partial charge in [-0.1, -0.05) is 0 Å². The smallest absolute Gasteiger partial charge is 0.169 e. The summed E-state index contributed by atoms with van der Waals surface area (Å²) in [4.78, 5) is 13.3. The van der Waals surface area contributed by atoms with Gasteiger partial charge in [0, 0.05) is 4.88 Å². The molecule has 1 aromatic rings. The molecule has 0 amide bonds. The fraction of sp³-hybridized carbons (Fsp3) is 0.500. The summed E-state index contributed by atoms with van der Waals surface area (Å²) in [5.41, 5.74) is 0. The molecule has 1 fully saturated rings. The highest BCUT2D eigenvalue weighted by atomic mass is 32.1. The predicted octanol–water partition coefficient (Wildman–Crippen LogP) is 2.90. The van der Waals surface area contributed by atoms with Crippen LogP contribution in [0.3, 0.4) is 0 Å². The zero-order valence-corrected chi connectivity index (χ0v) is 7.99. The largest absolute Gasteiger partial charge is 0.294 e. The van der Waals surface area contributed by atoms with Crippen molar-refractivity contribution >= 4 is 17.1 Å². The first kappa shape index (κ1) is 7.99. The standard InChI is InChI=1S/C10H12OS/c1-7(11)10-5-4-9(12-10)6-8-2-3-8/h4-5,8H,2-3,6H2,1H3. The van der Waals surface area contributed by atoms with E-state index in [1.165, 1.54) is 24.1 Å². The summed E-state index contributed by atoms with van der Waals surface area (Å²) in [6, 6.07) is 4.05. The highest BCUT2D eigenvalue weighted by Crippen LogP contribution is 2.34. The number of Topliss-reactive ketones (excluding diaryl/α,β-unsaturated/α-hetero) is 1. The summed E-state index contributed by atoms with van der Waals surface area (Å²) in [6.45, 7) is 1.63. The molecule has 1 aromatic heterocycles. The molecule has 0 unspecified atom stereocenters. The van der Waals surface area contributed by atoms with Crippen LogP contribution in [0.1, 0.15) is 34.3 Å². The van der Waals surface area contributed by atoms with Crippen LogP contribution in [0.2, 0.25) is 0 Å². The van der Waals surface area contributed by atoms with Crippen LogP contribution in [-0.2, 0) is 6.42 Å². The molecule has 0 saturated heterocycles. The highest BCUT2D eigenvalue weighted by molar-refractivity contribution is 7.14. The van der Waals surface area contributed by atoms with Gasteiger partial charge < -0.3 is 0 Å². The molecule has 1 heterocycles. The van der Waals surface area contributed by atoms with Crippen molar-refractivity contribution in [1.29, 1.82) is 0 Å². The molecule has 0 spiro atoms. The summed E-state index contributed by atoms with van der Waals surface area (Å²) in [7, 11) is 0. The van der Waals surface area contributed by atoms with E-state index >= 15 is 0 Å². The van der Waals surface area contributed by atoms with Gasteiger partial charge in [0.2, 0.25) is 0 Å². The zero-order chi connectivity index (χ0) is 8.55. The summed E-state index contributed by atoms with van der Waals surface area (Å²) < 4.78 is 0. The minimum Gasteiger partial charge on any atom is -0.294 e. The number of thiophene rings is 1. The van der Waals surface area contributed by atoms with Crippen molar-refractivity contribution in [2.45, 2.75) is 26.2 Å². The predicted molar refractivity (Wildman–Crippen MR) is 50.8 cm³/mol. The first-order valence-electron chi connectivity index (χ1n) is 4.35. The molecule has 1 saturated carbocycles. The van der Waals surface area contributed by atoms with Crippen LogP contribution in [0.4, 0.5) is 0 Å². The Morgan fingerprint density at radius 1 is 1.58 bits per heavy atom. The topological polar surface area (TPSA) is 17.1 Å². The van der Waals surface area contributed by atoms with Gasteiger partial charge in [0.1, 0.15) is 0 Å². The van der Waals surface area contributed by atoms with Crippen molar-refractivity contribution in [3.8, 4) is 0 Å². The van der Waals surface area contributed by atoms with Crippen molar-refractivity contribution in [1.82, 2.24) is 0 Å². The van der Waals surface area contributed by atoms with Gasteiger partial charge >= 0.3 is 0 Å². The Hall–Kier alpha value is -0.630. The van der Waals surface area contributed by atoms with E-state index in [2.05, 4.69) is 6.07 Å². The van der Waals surface area contributed by atoms with Gasteiger partial charge in [0.15, 0.2) is 5.78 Å². The minimum atomic E-state index is 0.196. The third-order valence-corrected chi connectivity index (χ3v) is 3.40. The van der Waals surface area contributed by atoms with E-state index in [0.717, 1.165) is 10.8 Å². The second kappa shape index (κ2) is 3.02. The molecule has 64 valence electrons. The van der Waals surface area contributed by atoms with Crippen molar-refractivity contribution in [2.24, 2.45) is 5.92 Å². The van der Waals surface area contributed by atoms with Crippen LogP contribution in [0.5, 0.6) is 0 Å². The van der Waals surface area contributed by atoms with Crippen LogP contribution in [0.15, 0.2) is 12.1 Å². The average Bonchev–Trinajstić information content (AvgIpc) is 2.66. The first-order valence-corrected chi connectivity index (χ1v) is 5.17. The maximum atomic E-state index is 11.0. The normalized spacial score (nSPS) is 16.4. The Balaban J connectivity index is 2.06. The fourth-order valence-electron chi connectivity index (χ4n) is 1.28. The van der Waals surface area contributed by atoms with Gasteiger partial charge in [-0.2, -0.15) is 0 Å². The lowest BCUT2D eigenvalue weighted by molar-refractivity contribution is 0.102. The Labute approximate surface area is 76.4 Å². The summed E-state index contributed by atoms with van der Waals surface area (Å²) >= 11 is 1.66. The van der Waals surface area contributed by atoms with Gasteiger partial charge in [-0.25, -0.2) is 0 Å². The van der Waals surface area contributed by atoms with Crippen molar-refractivity contribution in [2.75, 3.05) is 0 Å². The van der Waals surface area contributed by atoms with E-state index in [1.807, 2.05) is 6.07 Å². The molecule has 0 aromatic carbocycles. The number of hydrogen-bond donors (Lipinski definition) is 0. The van der Waals surface area contributed by atoms with Crippen molar-refractivity contribution < 1.29 is 4.79 Å². The Bertz CT molecular complexity index is 297. The Morgan fingerprint density at radius 2 is 2.33 bits per heavy atom. The molecule has 1 aliphatic rings. The molecule has 1 aliphatic carbocycles. The number of hydrogen-bond acceptors (Lipinski definition) is 2. The lowest BCUT2D eigenvalue weighted by Crippen LogP contribution is -1.84. The van der Waals surface area contributed by atoms with Crippen molar-refractivity contribution in [3.05, 3.63) is 21.9 Å². The summed E-state index contributed by atoms with van der Waals surface area (Å²) in [5, 5.41) is 0. The van der Waals surface area contributed by atoms with Crippen LogP contribution in [0.25, 0.3) is 0 Å². The minimum absolute atomic E-state index is 0.196. The molecule has 12 heavy (non-hydrogen) atoms. The maximum Gasteiger partial charge on any atom is 0.169 e. The Kier molecular flexibility index (Phi) is 2.01. The molecule has 0 aliphatic heterocycles. The van der Waals surface area contributed by atoms with Crippen LogP contribution in [0, 0.1) is 5.92 Å². The van der Waals surface area contributed by atoms with E-state index in [1.54, 1.807) is 18.3 Å². The highest BCUT2D eigenvalue weighted by Gasteiger charge is 2.22. The van der Waals surface area contributed by atoms with Gasteiger partial charge in [-0.05, 0) is 44.2 Å². The van der Waals surface area contributed by atoms with Crippen molar-refractivity contribution in [3.63, 3.8) is 0 Å². The molecule has 0 atom stereocenters. The van der Waals surface area contributed by atoms with Gasteiger partial charge in [-0.3, -0.25) is 4.79 Å². The van der Waals surface area contributed by atoms with E-state index in [-0.39, 0.29) is 5.78 Å². The number of rotatable bonds is 3. The second-order valence-corrected chi connectivity index (χ2v) is 4.64. The second-order valence-electron chi connectivity index (χ2n) is 3.47. The van der Waals surface area contributed by atoms with Gasteiger partial charge in [0.25, 0.3) is 0 Å². The molecule has 1 nitrogen and oxygen atoms in total. The molecule has 2 heteroatoms. The lowest BCUT2D eigenvalue weighted by Gasteiger charge is -1.90. The quantitative estimate of drug-likeness (QED) is 0.654. The monoisotopic (exact) mass is 180 g/mol. The Morgan fingerprint density at radius 3 is 2.83 bits per heavy atom. The maximum absolute atomic E-state index is 11.0. The van der Waals surface area contributed by atoms with E-state index in [4.69, 9.17) is 0 Å². The first-order chi connectivity index (χ1) is 5.75. The summed E-state index contributed by atoms with van der Waals surface area (Å²) in [5.74, 6) is 1.12. The van der Waals surface area contributed by atoms with Crippen LogP contribution >= 0.6 is 11.3 Å². The fourth-order valence-corrected chi connectivity index (χ4v) is 2.30. The lowest BCUT2D eigenvalue weighted by atomic mass is 10.2. The van der Waals surface area contributed by atoms with Crippen LogP contribution in [-0.4, -0.2) is 5.78 Å². The van der Waals surface area contributed by atoms with E-state index in [0.29, 0.717) is 0 Å². The number of ketones is 1. The van der Waals surface area contributed by atoms with Gasteiger partial charge in [0.05, 0.1) is 4.88 Å². The van der Waals surface area contributed by atoms with E-state index < -0.39 is 0 Å². The number of carbonyl (C=O) groups excluding carboxylic acids is 1. The SMILES string of the molecule is CC(=O)c1ccc(CC2CC2)s1. The third-order valence-electron chi connectivity index (χ3n) is 2.20. The van der Waals surface area contributed by atoms with Crippen LogP contribution < -0.4 is 0 Å². The third kappa shape index (κ3) is 1.75. The molecule has 0 radical (unpaired) electrons. The molecular formula is C10H12OS. The summed E-state index contributed by atoms with van der Waals surface area (Å²) in [6.07, 6.45) is 3.96. The molecular weight excluding hydrogens is 168 g/mol. The zero-order valence-electron chi connectivity index (χ0n) is 7.17. The van der Waals surface area contributed by atoms with Gasteiger partial charge in [-0.15, -0.1) is 11.3 Å². The molecule has 2 rings (SSSR count). The van der Waals surface area contributed by atoms with E-state index in [9.17, 15) is 4.79 Å². The molecule has 0 N–H and O–H groups in total.